The molecule has 0 atom stereocenters. The number of hydrogen-bond donors (Lipinski definition) is 2. The van der Waals surface area contributed by atoms with Gasteiger partial charge in [0.15, 0.2) is 0 Å². The summed E-state index contributed by atoms with van der Waals surface area (Å²) in [5.41, 5.74) is 23.7. The van der Waals surface area contributed by atoms with Crippen LogP contribution in [-0.2, 0) is 38.5 Å². The minimum Gasteiger partial charge on any atom is -0.457 e. The van der Waals surface area contributed by atoms with Gasteiger partial charge in [-0.15, -0.1) is 0 Å². The number of benzene rings is 2. The standard InChI is InChI=1S/C36H60N2O/c1-7-13-19-27-25-33(29(21-15-9-3)31(35(27)37)23-17-11-5)39-34-26-28(20-14-8-2)36(38)32(24-18-12-6)30(34)22-16-10-4/h25-26H,7-24,37-38H2,1-6H3. The number of ether oxygens (including phenoxy) is 1. The number of hydrogen-bond acceptors (Lipinski definition) is 3. The highest BCUT2D eigenvalue weighted by Gasteiger charge is 2.21. The molecule has 3 heteroatoms. The molecule has 3 nitrogen and oxygen atoms in total. The van der Waals surface area contributed by atoms with E-state index >= 15 is 0 Å². The lowest BCUT2D eigenvalue weighted by molar-refractivity contribution is 0.463. The molecule has 0 amide bonds. The maximum absolute atomic E-state index is 7.12. The molecule has 2 aromatic rings. The molecule has 0 aromatic heterocycles. The van der Waals surface area contributed by atoms with Gasteiger partial charge in [-0.25, -0.2) is 0 Å². The summed E-state index contributed by atoms with van der Waals surface area (Å²) in [5.74, 6) is 2.08. The number of rotatable bonds is 20. The molecule has 2 rings (SSSR count). The van der Waals surface area contributed by atoms with E-state index in [0.29, 0.717) is 0 Å². The minimum atomic E-state index is 1.01. The molecule has 2 aromatic carbocycles. The van der Waals surface area contributed by atoms with Crippen LogP contribution in [0.25, 0.3) is 0 Å². The Labute approximate surface area is 241 Å². The van der Waals surface area contributed by atoms with E-state index in [-0.39, 0.29) is 0 Å². The number of unbranched alkanes of at least 4 members (excludes halogenated alkanes) is 6. The Balaban J connectivity index is 2.77. The van der Waals surface area contributed by atoms with Gasteiger partial charge in [0, 0.05) is 22.5 Å². The summed E-state index contributed by atoms with van der Waals surface area (Å²) >= 11 is 0. The zero-order valence-corrected chi connectivity index (χ0v) is 26.4. The van der Waals surface area contributed by atoms with Gasteiger partial charge in [-0.05, 0) is 111 Å². The molecule has 220 valence electrons. The highest BCUT2D eigenvalue weighted by Crippen LogP contribution is 2.41. The summed E-state index contributed by atoms with van der Waals surface area (Å²) in [5, 5.41) is 0. The molecule has 0 radical (unpaired) electrons. The number of nitrogen functional groups attached to an aromatic ring is 2. The fraction of sp³-hybridized carbons (Fsp3) is 0.667. The number of nitrogens with two attached hydrogens (primary N) is 2. The van der Waals surface area contributed by atoms with Crippen molar-refractivity contribution >= 4 is 11.4 Å². The zero-order valence-electron chi connectivity index (χ0n) is 26.4. The van der Waals surface area contributed by atoms with Crippen LogP contribution >= 0.6 is 0 Å². The Bertz CT molecular complexity index is 915. The quantitative estimate of drug-likeness (QED) is 0.165. The number of aryl methyl sites for hydroxylation is 2. The highest BCUT2D eigenvalue weighted by molar-refractivity contribution is 5.65. The smallest absolute Gasteiger partial charge is 0.131 e. The van der Waals surface area contributed by atoms with Crippen LogP contribution < -0.4 is 16.2 Å². The third-order valence-corrected chi connectivity index (χ3v) is 8.22. The molecule has 0 fully saturated rings. The lowest BCUT2D eigenvalue weighted by Gasteiger charge is -2.24. The fourth-order valence-corrected chi connectivity index (χ4v) is 5.64. The van der Waals surface area contributed by atoms with Crippen LogP contribution in [0.5, 0.6) is 11.5 Å². The van der Waals surface area contributed by atoms with Crippen molar-refractivity contribution in [2.24, 2.45) is 0 Å². The first kappa shape index (κ1) is 33.0. The predicted molar refractivity (Wildman–Crippen MR) is 173 cm³/mol. The van der Waals surface area contributed by atoms with Crippen molar-refractivity contribution in [1.82, 2.24) is 0 Å². The van der Waals surface area contributed by atoms with Gasteiger partial charge in [-0.1, -0.05) is 80.1 Å². The third-order valence-electron chi connectivity index (χ3n) is 8.22. The largest absolute Gasteiger partial charge is 0.457 e. The van der Waals surface area contributed by atoms with Gasteiger partial charge in [0.05, 0.1) is 0 Å². The average molecular weight is 537 g/mol. The van der Waals surface area contributed by atoms with Crippen molar-refractivity contribution in [3.05, 3.63) is 45.5 Å². The second-order valence-corrected chi connectivity index (χ2v) is 11.5. The van der Waals surface area contributed by atoms with E-state index in [9.17, 15) is 0 Å². The van der Waals surface area contributed by atoms with Gasteiger partial charge >= 0.3 is 0 Å². The van der Waals surface area contributed by atoms with Crippen LogP contribution in [0.2, 0.25) is 0 Å². The maximum atomic E-state index is 7.12. The molecule has 39 heavy (non-hydrogen) atoms. The Morgan fingerprint density at radius 2 is 0.718 bits per heavy atom. The Morgan fingerprint density at radius 1 is 0.436 bits per heavy atom. The molecule has 0 saturated carbocycles. The second-order valence-electron chi connectivity index (χ2n) is 11.5. The molecule has 0 saturated heterocycles. The first-order valence-electron chi connectivity index (χ1n) is 16.5. The summed E-state index contributed by atoms with van der Waals surface area (Å²) in [6, 6.07) is 4.59. The zero-order chi connectivity index (χ0) is 28.6. The van der Waals surface area contributed by atoms with Crippen LogP contribution in [-0.4, -0.2) is 0 Å². The lowest BCUT2D eigenvalue weighted by Crippen LogP contribution is -2.10. The molecular formula is C36H60N2O. The Hall–Kier alpha value is -2.16. The number of anilines is 2. The van der Waals surface area contributed by atoms with E-state index in [0.717, 1.165) is 126 Å². The Kier molecular flexibility index (Phi) is 15.5. The molecule has 0 aliphatic rings. The maximum Gasteiger partial charge on any atom is 0.131 e. The summed E-state index contributed by atoms with van der Waals surface area (Å²) in [6.07, 6.45) is 20.0. The van der Waals surface area contributed by atoms with Crippen LogP contribution in [0.15, 0.2) is 12.1 Å². The summed E-state index contributed by atoms with van der Waals surface area (Å²) < 4.78 is 7.12. The van der Waals surface area contributed by atoms with Gasteiger partial charge in [-0.2, -0.15) is 0 Å². The molecule has 0 aliphatic heterocycles. The molecule has 0 aliphatic carbocycles. The van der Waals surface area contributed by atoms with E-state index in [2.05, 4.69) is 53.7 Å². The Morgan fingerprint density at radius 3 is 1.03 bits per heavy atom. The predicted octanol–water partition coefficient (Wildman–Crippen LogP) is 10.7. The summed E-state index contributed by atoms with van der Waals surface area (Å²) in [7, 11) is 0. The van der Waals surface area contributed by atoms with E-state index in [1.165, 1.54) is 46.2 Å². The highest BCUT2D eigenvalue weighted by atomic mass is 16.5. The van der Waals surface area contributed by atoms with Gasteiger partial charge in [0.1, 0.15) is 11.5 Å². The van der Waals surface area contributed by atoms with E-state index in [1.54, 1.807) is 0 Å². The van der Waals surface area contributed by atoms with Crippen molar-refractivity contribution in [2.45, 2.75) is 157 Å². The summed E-state index contributed by atoms with van der Waals surface area (Å²) in [4.78, 5) is 0. The van der Waals surface area contributed by atoms with Crippen molar-refractivity contribution in [1.29, 1.82) is 0 Å². The third kappa shape index (κ3) is 9.47. The van der Waals surface area contributed by atoms with Crippen molar-refractivity contribution in [3.63, 3.8) is 0 Å². The fourth-order valence-electron chi connectivity index (χ4n) is 5.64. The van der Waals surface area contributed by atoms with Crippen molar-refractivity contribution in [2.75, 3.05) is 11.5 Å². The first-order valence-corrected chi connectivity index (χ1v) is 16.5. The van der Waals surface area contributed by atoms with E-state index in [4.69, 9.17) is 16.2 Å². The molecule has 0 heterocycles. The molecule has 0 unspecified atom stereocenters. The van der Waals surface area contributed by atoms with Crippen LogP contribution in [0.1, 0.15) is 152 Å². The normalized spacial score (nSPS) is 11.3. The van der Waals surface area contributed by atoms with Crippen LogP contribution in [0, 0.1) is 0 Å². The molecular weight excluding hydrogens is 476 g/mol. The first-order chi connectivity index (χ1) is 19.0. The van der Waals surface area contributed by atoms with E-state index in [1.807, 2.05) is 0 Å². The average Bonchev–Trinajstić information content (AvgIpc) is 2.94. The SMILES string of the molecule is CCCCc1cc(Oc2cc(CCCC)c(N)c(CCCC)c2CCCC)c(CCCC)c(CCCC)c1N. The molecule has 0 bridgehead atoms. The van der Waals surface area contributed by atoms with Crippen LogP contribution in [0.4, 0.5) is 11.4 Å². The van der Waals surface area contributed by atoms with Gasteiger partial charge < -0.3 is 16.2 Å². The van der Waals surface area contributed by atoms with Crippen LogP contribution in [0.3, 0.4) is 0 Å². The topological polar surface area (TPSA) is 61.3 Å². The van der Waals surface area contributed by atoms with Gasteiger partial charge in [0.2, 0.25) is 0 Å². The van der Waals surface area contributed by atoms with E-state index < -0.39 is 0 Å². The van der Waals surface area contributed by atoms with Gasteiger partial charge in [-0.3, -0.25) is 0 Å². The molecule has 4 N–H and O–H groups in total. The monoisotopic (exact) mass is 536 g/mol. The van der Waals surface area contributed by atoms with Crippen molar-refractivity contribution in [3.8, 4) is 11.5 Å². The minimum absolute atomic E-state index is 1.01. The second kappa shape index (κ2) is 18.2. The van der Waals surface area contributed by atoms with Crippen molar-refractivity contribution < 1.29 is 4.74 Å². The molecule has 0 spiro atoms. The lowest BCUT2D eigenvalue weighted by atomic mass is 9.90. The summed E-state index contributed by atoms with van der Waals surface area (Å²) in [6.45, 7) is 13.6. The van der Waals surface area contributed by atoms with Gasteiger partial charge in [0.25, 0.3) is 0 Å².